The van der Waals surface area contributed by atoms with E-state index in [1.165, 1.54) is 19.3 Å². The molecule has 76 valence electrons. The Hall–Kier alpha value is -0.530. The smallest absolute Gasteiger partial charge is 0.225 e. The van der Waals surface area contributed by atoms with E-state index in [2.05, 4.69) is 6.92 Å². The Morgan fingerprint density at radius 2 is 2.00 bits per heavy atom. The lowest BCUT2D eigenvalue weighted by atomic mass is 10.0. The minimum absolute atomic E-state index is 0.137. The Kier molecular flexibility index (Phi) is 3.34. The summed E-state index contributed by atoms with van der Waals surface area (Å²) in [5.74, 6) is 1.12. The Labute approximate surface area is 81.3 Å². The van der Waals surface area contributed by atoms with E-state index in [0.29, 0.717) is 17.9 Å². The summed E-state index contributed by atoms with van der Waals surface area (Å²) in [5, 5.41) is 0. The van der Waals surface area contributed by atoms with Crippen molar-refractivity contribution in [2.75, 3.05) is 7.05 Å². The van der Waals surface area contributed by atoms with Gasteiger partial charge in [-0.15, -0.1) is 0 Å². The standard InChI is InChI=1S/C11H21NO/c1-8(2)11(13)12(4)10-7-5-6-9(10)3/h8-10H,5-7H2,1-4H3. The molecule has 2 unspecified atom stereocenters. The normalized spacial score (nSPS) is 28.1. The molecule has 1 amide bonds. The van der Waals surface area contributed by atoms with Crippen molar-refractivity contribution in [3.63, 3.8) is 0 Å². The molecule has 0 heterocycles. The predicted molar refractivity (Wildman–Crippen MR) is 54.4 cm³/mol. The highest BCUT2D eigenvalue weighted by Crippen LogP contribution is 2.29. The predicted octanol–water partition coefficient (Wildman–Crippen LogP) is 2.29. The van der Waals surface area contributed by atoms with Crippen molar-refractivity contribution in [2.45, 2.75) is 46.1 Å². The topological polar surface area (TPSA) is 20.3 Å². The minimum atomic E-state index is 0.137. The van der Waals surface area contributed by atoms with Crippen molar-refractivity contribution >= 4 is 5.91 Å². The van der Waals surface area contributed by atoms with Crippen LogP contribution in [-0.4, -0.2) is 23.9 Å². The maximum absolute atomic E-state index is 11.7. The van der Waals surface area contributed by atoms with E-state index in [0.717, 1.165) is 0 Å². The minimum Gasteiger partial charge on any atom is -0.342 e. The van der Waals surface area contributed by atoms with Gasteiger partial charge in [-0.2, -0.15) is 0 Å². The molecule has 2 nitrogen and oxygen atoms in total. The Morgan fingerprint density at radius 3 is 2.38 bits per heavy atom. The molecule has 2 atom stereocenters. The van der Waals surface area contributed by atoms with Crippen molar-refractivity contribution in [2.24, 2.45) is 11.8 Å². The largest absolute Gasteiger partial charge is 0.342 e. The average Bonchev–Trinajstić information content (AvgIpc) is 2.48. The molecule has 1 aliphatic carbocycles. The second-order valence-corrected chi connectivity index (χ2v) is 4.58. The van der Waals surface area contributed by atoms with Crippen LogP contribution < -0.4 is 0 Å². The zero-order valence-corrected chi connectivity index (χ0v) is 9.21. The first-order valence-corrected chi connectivity index (χ1v) is 5.30. The Balaban J connectivity index is 2.56. The van der Waals surface area contributed by atoms with E-state index in [4.69, 9.17) is 0 Å². The van der Waals surface area contributed by atoms with Crippen molar-refractivity contribution in [1.29, 1.82) is 0 Å². The fourth-order valence-electron chi connectivity index (χ4n) is 2.27. The maximum atomic E-state index is 11.7. The first-order valence-electron chi connectivity index (χ1n) is 5.30. The quantitative estimate of drug-likeness (QED) is 0.643. The van der Waals surface area contributed by atoms with E-state index in [9.17, 15) is 4.79 Å². The van der Waals surface area contributed by atoms with Crippen molar-refractivity contribution < 1.29 is 4.79 Å². The summed E-state index contributed by atoms with van der Waals surface area (Å²) in [4.78, 5) is 13.7. The van der Waals surface area contributed by atoms with Gasteiger partial charge in [-0.05, 0) is 18.8 Å². The summed E-state index contributed by atoms with van der Waals surface area (Å²) >= 11 is 0. The first-order chi connectivity index (χ1) is 6.04. The lowest BCUT2D eigenvalue weighted by molar-refractivity contribution is -0.135. The monoisotopic (exact) mass is 183 g/mol. The fraction of sp³-hybridized carbons (Fsp3) is 0.909. The number of rotatable bonds is 2. The van der Waals surface area contributed by atoms with Gasteiger partial charge in [0.2, 0.25) is 5.91 Å². The van der Waals surface area contributed by atoms with E-state index in [-0.39, 0.29) is 5.92 Å². The molecular weight excluding hydrogens is 162 g/mol. The SMILES string of the molecule is CC(C)C(=O)N(C)C1CCCC1C. The molecule has 0 bridgehead atoms. The van der Waals surface area contributed by atoms with Gasteiger partial charge in [0.05, 0.1) is 0 Å². The van der Waals surface area contributed by atoms with Gasteiger partial charge in [0, 0.05) is 19.0 Å². The molecule has 0 N–H and O–H groups in total. The van der Waals surface area contributed by atoms with Gasteiger partial charge in [-0.3, -0.25) is 4.79 Å². The second kappa shape index (κ2) is 4.12. The third-order valence-corrected chi connectivity index (χ3v) is 3.16. The summed E-state index contributed by atoms with van der Waals surface area (Å²) in [6.45, 7) is 6.19. The molecule has 1 fully saturated rings. The number of hydrogen-bond donors (Lipinski definition) is 0. The molecule has 0 saturated heterocycles. The van der Waals surface area contributed by atoms with Crippen LogP contribution in [0.4, 0.5) is 0 Å². The van der Waals surface area contributed by atoms with Crippen LogP contribution in [0.25, 0.3) is 0 Å². The van der Waals surface area contributed by atoms with Crippen LogP contribution in [0.15, 0.2) is 0 Å². The summed E-state index contributed by atoms with van der Waals surface area (Å²) in [7, 11) is 1.95. The molecule has 0 spiro atoms. The van der Waals surface area contributed by atoms with E-state index in [1.54, 1.807) is 0 Å². The van der Waals surface area contributed by atoms with Gasteiger partial charge < -0.3 is 4.90 Å². The molecule has 1 aliphatic rings. The van der Waals surface area contributed by atoms with Gasteiger partial charge in [0.15, 0.2) is 0 Å². The first kappa shape index (κ1) is 10.6. The van der Waals surface area contributed by atoms with E-state index in [1.807, 2.05) is 25.8 Å². The molecule has 0 aliphatic heterocycles. The second-order valence-electron chi connectivity index (χ2n) is 4.58. The molecule has 0 radical (unpaired) electrons. The molecule has 0 aromatic rings. The Morgan fingerprint density at radius 1 is 1.38 bits per heavy atom. The van der Waals surface area contributed by atoms with Crippen LogP contribution >= 0.6 is 0 Å². The van der Waals surface area contributed by atoms with Crippen LogP contribution in [-0.2, 0) is 4.79 Å². The van der Waals surface area contributed by atoms with E-state index >= 15 is 0 Å². The van der Waals surface area contributed by atoms with E-state index < -0.39 is 0 Å². The zero-order chi connectivity index (χ0) is 10.0. The number of nitrogens with zero attached hydrogens (tertiary/aromatic N) is 1. The molecule has 1 rings (SSSR count). The van der Waals surface area contributed by atoms with Gasteiger partial charge in [0.1, 0.15) is 0 Å². The van der Waals surface area contributed by atoms with Crippen molar-refractivity contribution in [3.05, 3.63) is 0 Å². The lowest BCUT2D eigenvalue weighted by Crippen LogP contribution is -2.40. The highest BCUT2D eigenvalue weighted by Gasteiger charge is 2.30. The molecular formula is C11H21NO. The third-order valence-electron chi connectivity index (χ3n) is 3.16. The van der Waals surface area contributed by atoms with Gasteiger partial charge >= 0.3 is 0 Å². The number of hydrogen-bond acceptors (Lipinski definition) is 1. The molecule has 1 saturated carbocycles. The molecule has 0 aromatic heterocycles. The van der Waals surface area contributed by atoms with Gasteiger partial charge in [-0.1, -0.05) is 27.2 Å². The average molecular weight is 183 g/mol. The third kappa shape index (κ3) is 2.23. The van der Waals surface area contributed by atoms with Crippen molar-refractivity contribution in [1.82, 2.24) is 4.90 Å². The lowest BCUT2D eigenvalue weighted by Gasteiger charge is -2.29. The van der Waals surface area contributed by atoms with Crippen molar-refractivity contribution in [3.8, 4) is 0 Å². The molecule has 13 heavy (non-hydrogen) atoms. The summed E-state index contributed by atoms with van der Waals surface area (Å²) in [6, 6.07) is 0.495. The number of carbonyl (C=O) groups excluding carboxylic acids is 1. The summed E-state index contributed by atoms with van der Waals surface area (Å²) in [6.07, 6.45) is 3.75. The highest BCUT2D eigenvalue weighted by atomic mass is 16.2. The zero-order valence-electron chi connectivity index (χ0n) is 9.21. The summed E-state index contributed by atoms with van der Waals surface area (Å²) < 4.78 is 0. The summed E-state index contributed by atoms with van der Waals surface area (Å²) in [5.41, 5.74) is 0. The van der Waals surface area contributed by atoms with Crippen LogP contribution in [0.2, 0.25) is 0 Å². The van der Waals surface area contributed by atoms with Crippen LogP contribution in [0.1, 0.15) is 40.0 Å². The molecule has 0 aromatic carbocycles. The number of amides is 1. The number of carbonyl (C=O) groups is 1. The van der Waals surface area contributed by atoms with Gasteiger partial charge in [0.25, 0.3) is 0 Å². The molecule has 2 heteroatoms. The fourth-order valence-corrected chi connectivity index (χ4v) is 2.27. The Bertz CT molecular complexity index is 189. The highest BCUT2D eigenvalue weighted by molar-refractivity contribution is 5.78. The van der Waals surface area contributed by atoms with Gasteiger partial charge in [-0.25, -0.2) is 0 Å². The van der Waals surface area contributed by atoms with Crippen LogP contribution in [0.5, 0.6) is 0 Å². The van der Waals surface area contributed by atoms with Crippen LogP contribution in [0.3, 0.4) is 0 Å². The maximum Gasteiger partial charge on any atom is 0.225 e. The van der Waals surface area contributed by atoms with Crippen LogP contribution in [0, 0.1) is 11.8 Å².